The Morgan fingerprint density at radius 2 is 2.05 bits per heavy atom. The zero-order valence-corrected chi connectivity index (χ0v) is 13.3. The number of hydrogen-bond donors (Lipinski definition) is 3. The summed E-state index contributed by atoms with van der Waals surface area (Å²) in [6.45, 7) is 7.17. The molecule has 1 aromatic carbocycles. The Balaban J connectivity index is 2.00. The Labute approximate surface area is 128 Å². The van der Waals surface area contributed by atoms with Gasteiger partial charge in [0.25, 0.3) is 0 Å². The quantitative estimate of drug-likeness (QED) is 0.808. The van der Waals surface area contributed by atoms with Gasteiger partial charge < -0.3 is 16.4 Å². The number of benzene rings is 1. The number of hydrogen-bond acceptors (Lipinski definition) is 4. The largest absolute Gasteiger partial charge is 0.380 e. The van der Waals surface area contributed by atoms with Gasteiger partial charge in [-0.15, -0.1) is 11.3 Å². The molecule has 112 valence electrons. The molecule has 1 heterocycles. The van der Waals surface area contributed by atoms with Crippen LogP contribution in [0.15, 0.2) is 30.5 Å². The highest BCUT2D eigenvalue weighted by molar-refractivity contribution is 7.11. The van der Waals surface area contributed by atoms with Crippen LogP contribution >= 0.6 is 11.3 Å². The van der Waals surface area contributed by atoms with Gasteiger partial charge in [0.1, 0.15) is 0 Å². The van der Waals surface area contributed by atoms with E-state index in [0.29, 0.717) is 12.2 Å². The molecule has 5 nitrogen and oxygen atoms in total. The van der Waals surface area contributed by atoms with Crippen LogP contribution in [0.1, 0.15) is 30.7 Å². The molecule has 2 amide bonds. The molecule has 4 N–H and O–H groups in total. The molecule has 0 unspecified atom stereocenters. The lowest BCUT2D eigenvalue weighted by molar-refractivity contribution is 0.259. The van der Waals surface area contributed by atoms with Gasteiger partial charge in [0.15, 0.2) is 0 Å². The Morgan fingerprint density at radius 1 is 1.33 bits per heavy atom. The maximum Gasteiger partial charge on any atom is 0.316 e. The van der Waals surface area contributed by atoms with Gasteiger partial charge in [0.2, 0.25) is 0 Å². The molecule has 1 aromatic heterocycles. The molecule has 0 fully saturated rings. The number of nitrogens with two attached hydrogens (primary N) is 1. The van der Waals surface area contributed by atoms with Crippen molar-refractivity contribution in [3.8, 4) is 0 Å². The summed E-state index contributed by atoms with van der Waals surface area (Å²) in [5.41, 5.74) is 6.78. The third-order valence-electron chi connectivity index (χ3n) is 2.79. The number of amides is 2. The zero-order chi connectivity index (χ0) is 15.5. The van der Waals surface area contributed by atoms with Crippen molar-refractivity contribution in [2.45, 2.75) is 32.7 Å². The predicted molar refractivity (Wildman–Crippen MR) is 87.8 cm³/mol. The van der Waals surface area contributed by atoms with Crippen LogP contribution in [0.5, 0.6) is 0 Å². The first-order valence-electron chi connectivity index (χ1n) is 6.70. The van der Waals surface area contributed by atoms with Crippen LogP contribution in [0, 0.1) is 0 Å². The fourth-order valence-electron chi connectivity index (χ4n) is 1.77. The van der Waals surface area contributed by atoms with Crippen LogP contribution < -0.4 is 16.4 Å². The number of nitrogens with one attached hydrogen (secondary N) is 2. The monoisotopic (exact) mass is 304 g/mol. The van der Waals surface area contributed by atoms with Crippen LogP contribution in [0.2, 0.25) is 0 Å². The topological polar surface area (TPSA) is 80.0 Å². The number of aromatic nitrogens is 1. The number of thiazole rings is 1. The highest BCUT2D eigenvalue weighted by Crippen LogP contribution is 2.27. The minimum Gasteiger partial charge on any atom is -0.380 e. The second-order valence-electron chi connectivity index (χ2n) is 5.81. The molecule has 21 heavy (non-hydrogen) atoms. The first kappa shape index (κ1) is 15.3. The summed E-state index contributed by atoms with van der Waals surface area (Å²) in [6, 6.07) is 6.87. The average molecular weight is 304 g/mol. The zero-order valence-electron chi connectivity index (χ0n) is 12.4. The van der Waals surface area contributed by atoms with Crippen LogP contribution in [0.4, 0.5) is 16.2 Å². The summed E-state index contributed by atoms with van der Waals surface area (Å²) in [7, 11) is 0. The molecule has 0 spiro atoms. The smallest absolute Gasteiger partial charge is 0.316 e. The first-order valence-corrected chi connectivity index (χ1v) is 7.52. The lowest BCUT2D eigenvalue weighted by atomic mass is 9.98. The molecule has 2 aromatic rings. The second-order valence-corrected chi connectivity index (χ2v) is 6.92. The van der Waals surface area contributed by atoms with E-state index >= 15 is 0 Å². The molecule has 0 bridgehead atoms. The summed E-state index contributed by atoms with van der Waals surface area (Å²) in [5.74, 6) is 0. The van der Waals surface area contributed by atoms with Crippen molar-refractivity contribution >= 4 is 28.7 Å². The Bertz CT molecular complexity index is 631. The molecule has 2 rings (SSSR count). The molecule has 0 aliphatic rings. The molecule has 6 heteroatoms. The van der Waals surface area contributed by atoms with E-state index in [-0.39, 0.29) is 5.41 Å². The number of anilines is 2. The number of carbonyl (C=O) groups excluding carboxylic acids is 1. The van der Waals surface area contributed by atoms with E-state index in [1.54, 1.807) is 17.4 Å². The summed E-state index contributed by atoms with van der Waals surface area (Å²) in [6.07, 6.45) is 1.91. The fourth-order valence-corrected chi connectivity index (χ4v) is 2.68. The third kappa shape index (κ3) is 4.46. The Morgan fingerprint density at radius 3 is 2.67 bits per heavy atom. The SMILES string of the molecule is CC(C)(C)c1ncc(CNc2cccc(NC(N)=O)c2)s1. The van der Waals surface area contributed by atoms with Crippen LogP contribution in [0.3, 0.4) is 0 Å². The van der Waals surface area contributed by atoms with Crippen LogP contribution in [0.25, 0.3) is 0 Å². The molecule has 0 radical (unpaired) electrons. The van der Waals surface area contributed by atoms with E-state index in [9.17, 15) is 4.79 Å². The third-order valence-corrected chi connectivity index (χ3v) is 4.22. The maximum atomic E-state index is 10.8. The van der Waals surface area contributed by atoms with Crippen LogP contribution in [-0.4, -0.2) is 11.0 Å². The van der Waals surface area contributed by atoms with E-state index in [0.717, 1.165) is 10.7 Å². The van der Waals surface area contributed by atoms with Crippen molar-refractivity contribution in [1.29, 1.82) is 0 Å². The van der Waals surface area contributed by atoms with Gasteiger partial charge in [-0.25, -0.2) is 9.78 Å². The molecule has 0 saturated heterocycles. The number of primary amides is 1. The minimum absolute atomic E-state index is 0.0776. The number of carbonyl (C=O) groups is 1. The standard InChI is InChI=1S/C15H20N4OS/c1-15(2,3)13-18-9-12(21-13)8-17-10-5-4-6-11(7-10)19-14(16)20/h4-7,9,17H,8H2,1-3H3,(H3,16,19,20). The molecule has 0 atom stereocenters. The van der Waals surface area contributed by atoms with Gasteiger partial charge in [0.05, 0.1) is 11.6 Å². The number of urea groups is 1. The first-order chi connectivity index (χ1) is 9.84. The number of rotatable bonds is 4. The minimum atomic E-state index is -0.565. The highest BCUT2D eigenvalue weighted by atomic mass is 32.1. The summed E-state index contributed by atoms with van der Waals surface area (Å²) < 4.78 is 0. The van der Waals surface area contributed by atoms with Gasteiger partial charge in [-0.05, 0) is 18.2 Å². The van der Waals surface area contributed by atoms with Gasteiger partial charge in [-0.1, -0.05) is 26.8 Å². The second kappa shape index (κ2) is 6.13. The van der Waals surface area contributed by atoms with Gasteiger partial charge in [-0.2, -0.15) is 0 Å². The van der Waals surface area contributed by atoms with E-state index < -0.39 is 6.03 Å². The van der Waals surface area contributed by atoms with Gasteiger partial charge in [-0.3, -0.25) is 0 Å². The van der Waals surface area contributed by atoms with Crippen molar-refractivity contribution in [2.75, 3.05) is 10.6 Å². The van der Waals surface area contributed by atoms with Crippen molar-refractivity contribution in [3.05, 3.63) is 40.3 Å². The van der Waals surface area contributed by atoms with Crippen molar-refractivity contribution < 1.29 is 4.79 Å². The van der Waals surface area contributed by atoms with E-state index in [4.69, 9.17) is 5.73 Å². The summed E-state index contributed by atoms with van der Waals surface area (Å²) >= 11 is 1.71. The Kier molecular flexibility index (Phi) is 4.47. The summed E-state index contributed by atoms with van der Waals surface area (Å²) in [5, 5.41) is 7.00. The predicted octanol–water partition coefficient (Wildman–Crippen LogP) is 3.54. The lowest BCUT2D eigenvalue weighted by Gasteiger charge is -2.13. The lowest BCUT2D eigenvalue weighted by Crippen LogP contribution is -2.19. The molecular formula is C15H20N4OS. The Hall–Kier alpha value is -2.08. The molecule has 0 saturated carbocycles. The van der Waals surface area contributed by atoms with Crippen LogP contribution in [-0.2, 0) is 12.0 Å². The van der Waals surface area contributed by atoms with Crippen molar-refractivity contribution in [3.63, 3.8) is 0 Å². The van der Waals surface area contributed by atoms with Crippen molar-refractivity contribution in [2.24, 2.45) is 5.73 Å². The fraction of sp³-hybridized carbons (Fsp3) is 0.333. The van der Waals surface area contributed by atoms with E-state index in [1.807, 2.05) is 24.4 Å². The summed E-state index contributed by atoms with van der Waals surface area (Å²) in [4.78, 5) is 16.5. The van der Waals surface area contributed by atoms with E-state index in [1.165, 1.54) is 4.88 Å². The van der Waals surface area contributed by atoms with Gasteiger partial charge in [0, 0.05) is 27.9 Å². The van der Waals surface area contributed by atoms with Gasteiger partial charge >= 0.3 is 6.03 Å². The number of nitrogens with zero attached hydrogens (tertiary/aromatic N) is 1. The van der Waals surface area contributed by atoms with Crippen molar-refractivity contribution in [1.82, 2.24) is 4.98 Å². The average Bonchev–Trinajstić information content (AvgIpc) is 2.84. The maximum absolute atomic E-state index is 10.8. The highest BCUT2D eigenvalue weighted by Gasteiger charge is 2.17. The molecule has 0 aliphatic carbocycles. The molecular weight excluding hydrogens is 284 g/mol. The molecule has 0 aliphatic heterocycles. The normalized spacial score (nSPS) is 11.2. The van der Waals surface area contributed by atoms with E-state index in [2.05, 4.69) is 36.4 Å².